The highest BCUT2D eigenvalue weighted by Crippen LogP contribution is 2.32. The lowest BCUT2D eigenvalue weighted by Gasteiger charge is -2.33. The lowest BCUT2D eigenvalue weighted by atomic mass is 10.0. The van der Waals surface area contributed by atoms with Crippen LogP contribution in [-0.2, 0) is 19.6 Å². The maximum atomic E-state index is 13.1. The standard InChI is InChI=1S/C24H24ClN3O5S2/c25-18-11-9-17(10-12-18)16-21-23(30)27(24(31)34-21)15-13-26-22(29)20-8-4-5-14-28(20)35(32,33)19-6-2-1-3-7-19/h1-3,6-7,9-12,16,20H,4-5,8,13-15H2,(H,26,29)/b21-16+/t20-/m0/s1. The number of carbonyl (C=O) groups is 3. The first-order valence-electron chi connectivity index (χ1n) is 11.1. The number of benzene rings is 2. The number of hydrogen-bond acceptors (Lipinski definition) is 6. The fourth-order valence-electron chi connectivity index (χ4n) is 3.99. The van der Waals surface area contributed by atoms with Gasteiger partial charge in [-0.2, -0.15) is 4.31 Å². The third-order valence-corrected chi connectivity index (χ3v) is 8.86. The number of piperidine rings is 1. The van der Waals surface area contributed by atoms with Gasteiger partial charge in [-0.25, -0.2) is 8.42 Å². The van der Waals surface area contributed by atoms with Crippen LogP contribution in [0.5, 0.6) is 0 Å². The Hall–Kier alpha value is -2.66. The van der Waals surface area contributed by atoms with Crippen LogP contribution in [0.3, 0.4) is 0 Å². The molecule has 0 bridgehead atoms. The van der Waals surface area contributed by atoms with Gasteiger partial charge in [-0.05, 0) is 60.5 Å². The van der Waals surface area contributed by atoms with Crippen molar-refractivity contribution in [3.8, 4) is 0 Å². The van der Waals surface area contributed by atoms with E-state index < -0.39 is 33.1 Å². The molecule has 0 unspecified atom stereocenters. The highest BCUT2D eigenvalue weighted by molar-refractivity contribution is 8.18. The third-order valence-electron chi connectivity index (χ3n) is 5.78. The van der Waals surface area contributed by atoms with Gasteiger partial charge in [-0.15, -0.1) is 0 Å². The summed E-state index contributed by atoms with van der Waals surface area (Å²) in [5.74, 6) is -0.872. The fourth-order valence-corrected chi connectivity index (χ4v) is 6.66. The normalized spacial score (nSPS) is 20.4. The maximum Gasteiger partial charge on any atom is 0.293 e. The zero-order valence-electron chi connectivity index (χ0n) is 18.7. The van der Waals surface area contributed by atoms with Gasteiger partial charge >= 0.3 is 0 Å². The zero-order chi connectivity index (χ0) is 25.0. The van der Waals surface area contributed by atoms with E-state index in [1.54, 1.807) is 48.5 Å². The van der Waals surface area contributed by atoms with Crippen LogP contribution < -0.4 is 5.32 Å². The number of thioether (sulfide) groups is 1. The van der Waals surface area contributed by atoms with Crippen LogP contribution in [0.2, 0.25) is 5.02 Å². The molecule has 184 valence electrons. The number of sulfonamides is 1. The minimum Gasteiger partial charge on any atom is -0.353 e. The molecule has 0 radical (unpaired) electrons. The van der Waals surface area contributed by atoms with Crippen molar-refractivity contribution in [2.75, 3.05) is 19.6 Å². The number of hydrogen-bond donors (Lipinski definition) is 1. The van der Waals surface area contributed by atoms with Gasteiger partial charge in [0.1, 0.15) is 6.04 Å². The topological polar surface area (TPSA) is 104 Å². The molecule has 35 heavy (non-hydrogen) atoms. The number of nitrogens with one attached hydrogen (secondary N) is 1. The Bertz CT molecular complexity index is 1250. The van der Waals surface area contributed by atoms with Crippen molar-refractivity contribution in [3.63, 3.8) is 0 Å². The summed E-state index contributed by atoms with van der Waals surface area (Å²) >= 11 is 6.72. The summed E-state index contributed by atoms with van der Waals surface area (Å²) in [6.45, 7) is 0.279. The Morgan fingerprint density at radius 1 is 1.09 bits per heavy atom. The molecule has 2 fully saturated rings. The summed E-state index contributed by atoms with van der Waals surface area (Å²) in [5.41, 5.74) is 0.741. The highest BCUT2D eigenvalue weighted by Gasteiger charge is 2.38. The van der Waals surface area contributed by atoms with Crippen molar-refractivity contribution in [2.45, 2.75) is 30.2 Å². The Balaban J connectivity index is 1.37. The van der Waals surface area contributed by atoms with Crippen LogP contribution in [-0.4, -0.2) is 60.4 Å². The Kier molecular flexibility index (Phi) is 7.95. The van der Waals surface area contributed by atoms with Gasteiger partial charge in [-0.3, -0.25) is 19.3 Å². The smallest absolute Gasteiger partial charge is 0.293 e. The molecule has 2 aromatic rings. The molecule has 2 heterocycles. The largest absolute Gasteiger partial charge is 0.353 e. The highest BCUT2D eigenvalue weighted by atomic mass is 35.5. The second-order valence-corrected chi connectivity index (χ2v) is 11.4. The van der Waals surface area contributed by atoms with Crippen molar-refractivity contribution >= 4 is 56.5 Å². The summed E-state index contributed by atoms with van der Waals surface area (Å²) in [4.78, 5) is 39.5. The molecule has 11 heteroatoms. The van der Waals surface area contributed by atoms with Crippen LogP contribution in [0.25, 0.3) is 6.08 Å². The van der Waals surface area contributed by atoms with Crippen molar-refractivity contribution < 1.29 is 22.8 Å². The van der Waals surface area contributed by atoms with E-state index in [2.05, 4.69) is 5.32 Å². The molecule has 0 spiro atoms. The van der Waals surface area contributed by atoms with Gasteiger partial charge in [0.05, 0.1) is 9.80 Å². The monoisotopic (exact) mass is 533 g/mol. The lowest BCUT2D eigenvalue weighted by molar-refractivity contribution is -0.127. The summed E-state index contributed by atoms with van der Waals surface area (Å²) in [5, 5.41) is 2.86. The van der Waals surface area contributed by atoms with E-state index in [0.29, 0.717) is 17.9 Å². The molecule has 2 aliphatic rings. The number of imide groups is 1. The summed E-state index contributed by atoms with van der Waals surface area (Å²) in [6.07, 6.45) is 3.43. The van der Waals surface area contributed by atoms with Gasteiger partial charge in [0, 0.05) is 24.7 Å². The van der Waals surface area contributed by atoms with E-state index in [4.69, 9.17) is 11.6 Å². The van der Waals surface area contributed by atoms with E-state index in [1.807, 2.05) is 0 Å². The van der Waals surface area contributed by atoms with Crippen molar-refractivity contribution in [3.05, 3.63) is 70.1 Å². The molecule has 2 aliphatic heterocycles. The molecule has 3 amide bonds. The summed E-state index contributed by atoms with van der Waals surface area (Å²) in [6, 6.07) is 14.1. The predicted molar refractivity (Wildman–Crippen MR) is 135 cm³/mol. The van der Waals surface area contributed by atoms with Crippen molar-refractivity contribution in [1.29, 1.82) is 0 Å². The van der Waals surface area contributed by atoms with Gasteiger partial charge < -0.3 is 5.32 Å². The first kappa shape index (κ1) is 25.4. The molecule has 2 aromatic carbocycles. The number of nitrogens with zero attached hydrogens (tertiary/aromatic N) is 2. The average Bonchev–Trinajstić information content (AvgIpc) is 3.13. The minimum absolute atomic E-state index is 0.00742. The Morgan fingerprint density at radius 3 is 2.51 bits per heavy atom. The van der Waals surface area contributed by atoms with Crippen LogP contribution >= 0.6 is 23.4 Å². The zero-order valence-corrected chi connectivity index (χ0v) is 21.1. The van der Waals surface area contributed by atoms with E-state index in [1.165, 1.54) is 16.4 Å². The maximum absolute atomic E-state index is 13.1. The molecular formula is C24H24ClN3O5S2. The molecule has 1 N–H and O–H groups in total. The van der Waals surface area contributed by atoms with E-state index in [9.17, 15) is 22.8 Å². The van der Waals surface area contributed by atoms with E-state index in [0.717, 1.165) is 28.6 Å². The molecule has 1 atom stereocenters. The van der Waals surface area contributed by atoms with Gasteiger partial charge in [0.2, 0.25) is 15.9 Å². The van der Waals surface area contributed by atoms with E-state index in [-0.39, 0.29) is 29.4 Å². The second-order valence-electron chi connectivity index (χ2n) is 8.12. The van der Waals surface area contributed by atoms with Crippen LogP contribution in [0.15, 0.2) is 64.4 Å². The van der Waals surface area contributed by atoms with Crippen LogP contribution in [0.4, 0.5) is 4.79 Å². The Morgan fingerprint density at radius 2 is 1.80 bits per heavy atom. The summed E-state index contributed by atoms with van der Waals surface area (Å²) in [7, 11) is -3.82. The van der Waals surface area contributed by atoms with Gasteiger partial charge in [-0.1, -0.05) is 48.4 Å². The molecule has 0 aliphatic carbocycles. The van der Waals surface area contributed by atoms with E-state index >= 15 is 0 Å². The van der Waals surface area contributed by atoms with Crippen molar-refractivity contribution in [2.24, 2.45) is 0 Å². The first-order chi connectivity index (χ1) is 16.8. The lowest BCUT2D eigenvalue weighted by Crippen LogP contribution is -2.52. The fraction of sp³-hybridized carbons (Fsp3) is 0.292. The molecule has 8 nitrogen and oxygen atoms in total. The van der Waals surface area contributed by atoms with Gasteiger partial charge in [0.25, 0.3) is 11.1 Å². The number of carbonyl (C=O) groups excluding carboxylic acids is 3. The molecule has 2 saturated heterocycles. The summed E-state index contributed by atoms with van der Waals surface area (Å²) < 4.78 is 27.5. The molecule has 4 rings (SSSR count). The van der Waals surface area contributed by atoms with Crippen LogP contribution in [0.1, 0.15) is 24.8 Å². The average molecular weight is 534 g/mol. The molecule has 0 saturated carbocycles. The number of amides is 3. The second kappa shape index (κ2) is 10.9. The first-order valence-corrected chi connectivity index (χ1v) is 13.8. The minimum atomic E-state index is -3.82. The number of rotatable bonds is 7. The number of halogens is 1. The Labute approximate surface area is 213 Å². The van der Waals surface area contributed by atoms with Gasteiger partial charge in [0.15, 0.2) is 0 Å². The van der Waals surface area contributed by atoms with Crippen molar-refractivity contribution in [1.82, 2.24) is 14.5 Å². The molecular weight excluding hydrogens is 510 g/mol. The SMILES string of the molecule is O=C(NCCN1C(=O)S/C(=C/c2ccc(Cl)cc2)C1=O)[C@@H]1CCCCN1S(=O)(=O)c1ccccc1. The quantitative estimate of drug-likeness (QED) is 0.544. The predicted octanol–water partition coefficient (Wildman–Crippen LogP) is 3.74. The third kappa shape index (κ3) is 5.78. The van der Waals surface area contributed by atoms with Crippen LogP contribution in [0, 0.1) is 0 Å². The molecule has 0 aromatic heterocycles.